The fourth-order valence-corrected chi connectivity index (χ4v) is 5.30. The largest absolute Gasteiger partial charge is 0.312 e. The molecule has 2 aliphatic rings. The van der Waals surface area contributed by atoms with Crippen molar-refractivity contribution in [2.24, 2.45) is 16.7 Å². The second kappa shape index (κ2) is 4.70. The maximum absolute atomic E-state index is 11.7. The smallest absolute Gasteiger partial charge is 0.307 e. The van der Waals surface area contributed by atoms with E-state index in [1.807, 2.05) is 16.9 Å². The normalized spacial score (nSPS) is 34.8. The zero-order valence-electron chi connectivity index (χ0n) is 13.0. The highest BCUT2D eigenvalue weighted by molar-refractivity contribution is 7.07. The Morgan fingerprint density at radius 1 is 1.45 bits per heavy atom. The van der Waals surface area contributed by atoms with Crippen LogP contribution < -0.4 is 10.2 Å². The van der Waals surface area contributed by atoms with E-state index in [-0.39, 0.29) is 4.87 Å². The summed E-state index contributed by atoms with van der Waals surface area (Å²) >= 11 is 1.30. The minimum atomic E-state index is 0.170. The average molecular weight is 294 g/mol. The van der Waals surface area contributed by atoms with Crippen LogP contribution in [0.3, 0.4) is 0 Å². The number of hydrogen-bond acceptors (Lipinski definition) is 3. The quantitative estimate of drug-likeness (QED) is 0.926. The van der Waals surface area contributed by atoms with E-state index in [0.717, 1.165) is 24.7 Å². The summed E-state index contributed by atoms with van der Waals surface area (Å²) in [4.78, 5) is 11.9. The second-order valence-corrected chi connectivity index (χ2v) is 8.23. The van der Waals surface area contributed by atoms with Crippen LogP contribution in [-0.4, -0.2) is 17.2 Å². The van der Waals surface area contributed by atoms with Crippen molar-refractivity contribution >= 4 is 11.3 Å². The molecule has 4 heteroatoms. The van der Waals surface area contributed by atoms with Crippen LogP contribution >= 0.6 is 11.3 Å². The Morgan fingerprint density at radius 2 is 2.20 bits per heavy atom. The van der Waals surface area contributed by atoms with Crippen molar-refractivity contribution < 1.29 is 0 Å². The van der Waals surface area contributed by atoms with Crippen LogP contribution in [0.15, 0.2) is 10.2 Å². The molecule has 0 amide bonds. The van der Waals surface area contributed by atoms with Crippen LogP contribution in [0.25, 0.3) is 0 Å². The molecule has 0 spiro atoms. The summed E-state index contributed by atoms with van der Waals surface area (Å²) in [6.07, 6.45) is 4.05. The Morgan fingerprint density at radius 3 is 2.70 bits per heavy atom. The Labute approximate surface area is 125 Å². The lowest BCUT2D eigenvalue weighted by atomic mass is 9.69. The van der Waals surface area contributed by atoms with Gasteiger partial charge in [0.15, 0.2) is 0 Å². The summed E-state index contributed by atoms with van der Waals surface area (Å²) in [5.74, 6) is 0.871. The molecule has 3 unspecified atom stereocenters. The highest BCUT2D eigenvalue weighted by Gasteiger charge is 2.60. The van der Waals surface area contributed by atoms with E-state index in [0.29, 0.717) is 16.9 Å². The molecule has 2 saturated carbocycles. The summed E-state index contributed by atoms with van der Waals surface area (Å²) in [5.41, 5.74) is 1.97. The van der Waals surface area contributed by atoms with Gasteiger partial charge in [-0.2, -0.15) is 0 Å². The van der Waals surface area contributed by atoms with E-state index in [1.165, 1.54) is 30.6 Å². The lowest BCUT2D eigenvalue weighted by Crippen LogP contribution is -2.45. The molecule has 0 radical (unpaired) electrons. The monoisotopic (exact) mass is 294 g/mol. The lowest BCUT2D eigenvalue weighted by molar-refractivity contribution is 0.121. The molecule has 0 aromatic carbocycles. The Bertz CT molecular complexity index is 559. The molecular weight excluding hydrogens is 268 g/mol. The fraction of sp³-hybridized carbons (Fsp3) is 0.812. The molecule has 3 atom stereocenters. The minimum absolute atomic E-state index is 0.170. The summed E-state index contributed by atoms with van der Waals surface area (Å²) in [5, 5.41) is 5.70. The van der Waals surface area contributed by atoms with Gasteiger partial charge in [0.05, 0.1) is 0 Å². The number of thiazole rings is 1. The molecule has 3 nitrogen and oxygen atoms in total. The van der Waals surface area contributed by atoms with Crippen LogP contribution in [0.5, 0.6) is 0 Å². The van der Waals surface area contributed by atoms with Crippen molar-refractivity contribution in [1.82, 2.24) is 9.88 Å². The molecule has 2 aliphatic carbocycles. The molecule has 20 heavy (non-hydrogen) atoms. The summed E-state index contributed by atoms with van der Waals surface area (Å²) in [6.45, 7) is 11.1. The summed E-state index contributed by atoms with van der Waals surface area (Å²) in [7, 11) is 0. The highest BCUT2D eigenvalue weighted by atomic mass is 32.1. The van der Waals surface area contributed by atoms with Gasteiger partial charge in [0.1, 0.15) is 0 Å². The van der Waals surface area contributed by atoms with Gasteiger partial charge in [-0.3, -0.25) is 4.79 Å². The van der Waals surface area contributed by atoms with Crippen molar-refractivity contribution in [2.45, 2.75) is 59.5 Å². The SMILES string of the molecule is Cc1csc(=O)n1CCNC1CC2CCC1(C)C2(C)C. The van der Waals surface area contributed by atoms with E-state index in [9.17, 15) is 4.79 Å². The first kappa shape index (κ1) is 14.3. The standard InChI is InChI=1S/C16H26N2OS/c1-11-10-20-14(19)18(11)8-7-17-13-9-12-5-6-16(13,4)15(12,2)3/h10,12-13,17H,5-9H2,1-4H3. The number of aromatic nitrogens is 1. The van der Waals surface area contributed by atoms with Crippen LogP contribution in [0.4, 0.5) is 0 Å². The molecule has 112 valence electrons. The van der Waals surface area contributed by atoms with E-state index < -0.39 is 0 Å². The summed E-state index contributed by atoms with van der Waals surface area (Å²) < 4.78 is 1.89. The summed E-state index contributed by atoms with van der Waals surface area (Å²) in [6, 6.07) is 0.617. The number of aryl methyl sites for hydroxylation is 1. The minimum Gasteiger partial charge on any atom is -0.312 e. The van der Waals surface area contributed by atoms with E-state index in [4.69, 9.17) is 0 Å². The second-order valence-electron chi connectivity index (χ2n) is 7.41. The molecule has 0 aliphatic heterocycles. The third-order valence-corrected chi connectivity index (χ3v) is 7.38. The van der Waals surface area contributed by atoms with Gasteiger partial charge in [0.2, 0.25) is 0 Å². The molecule has 1 heterocycles. The van der Waals surface area contributed by atoms with Crippen LogP contribution in [0.1, 0.15) is 45.7 Å². The Balaban J connectivity index is 1.62. The van der Waals surface area contributed by atoms with Crippen molar-refractivity contribution in [3.63, 3.8) is 0 Å². The van der Waals surface area contributed by atoms with Crippen molar-refractivity contribution in [3.8, 4) is 0 Å². The molecule has 2 fully saturated rings. The van der Waals surface area contributed by atoms with Crippen LogP contribution in [0, 0.1) is 23.7 Å². The Kier molecular flexibility index (Phi) is 3.37. The van der Waals surface area contributed by atoms with Crippen molar-refractivity contribution in [3.05, 3.63) is 20.7 Å². The van der Waals surface area contributed by atoms with Crippen molar-refractivity contribution in [2.75, 3.05) is 6.54 Å². The molecule has 2 bridgehead atoms. The van der Waals surface area contributed by atoms with E-state index >= 15 is 0 Å². The first-order valence-electron chi connectivity index (χ1n) is 7.74. The van der Waals surface area contributed by atoms with Gasteiger partial charge in [-0.15, -0.1) is 0 Å². The lowest BCUT2D eigenvalue weighted by Gasteiger charge is -2.39. The molecule has 1 N–H and O–H groups in total. The number of nitrogens with one attached hydrogen (secondary N) is 1. The predicted octanol–water partition coefficient (Wildman–Crippen LogP) is 3.02. The van der Waals surface area contributed by atoms with Gasteiger partial charge in [-0.1, -0.05) is 32.1 Å². The predicted molar refractivity (Wildman–Crippen MR) is 84.3 cm³/mol. The molecule has 1 aromatic heterocycles. The molecular formula is C16H26N2OS. The number of rotatable bonds is 4. The highest BCUT2D eigenvalue weighted by Crippen LogP contribution is 2.65. The van der Waals surface area contributed by atoms with Gasteiger partial charge in [-0.05, 0) is 42.9 Å². The van der Waals surface area contributed by atoms with Gasteiger partial charge < -0.3 is 9.88 Å². The molecule has 1 aromatic rings. The van der Waals surface area contributed by atoms with Gasteiger partial charge in [0, 0.05) is 30.2 Å². The third-order valence-electron chi connectivity index (χ3n) is 6.50. The van der Waals surface area contributed by atoms with Gasteiger partial charge in [0.25, 0.3) is 0 Å². The maximum atomic E-state index is 11.7. The van der Waals surface area contributed by atoms with Crippen molar-refractivity contribution in [1.29, 1.82) is 0 Å². The molecule has 0 saturated heterocycles. The first-order valence-corrected chi connectivity index (χ1v) is 8.62. The number of nitrogens with zero attached hydrogens (tertiary/aromatic N) is 1. The number of fused-ring (bicyclic) bond motifs is 2. The van der Waals surface area contributed by atoms with Gasteiger partial charge in [-0.25, -0.2) is 0 Å². The molecule has 3 rings (SSSR count). The first-order chi connectivity index (χ1) is 9.36. The van der Waals surface area contributed by atoms with Crippen LogP contribution in [-0.2, 0) is 6.54 Å². The van der Waals surface area contributed by atoms with Gasteiger partial charge >= 0.3 is 4.87 Å². The zero-order valence-corrected chi connectivity index (χ0v) is 13.8. The fourth-order valence-electron chi connectivity index (χ4n) is 4.54. The zero-order chi connectivity index (χ0) is 14.5. The topological polar surface area (TPSA) is 34.0 Å². The maximum Gasteiger partial charge on any atom is 0.307 e. The van der Waals surface area contributed by atoms with E-state index in [1.54, 1.807) is 0 Å². The third kappa shape index (κ3) is 1.92. The van der Waals surface area contributed by atoms with E-state index in [2.05, 4.69) is 26.1 Å². The average Bonchev–Trinajstić information content (AvgIpc) is 2.89. The number of hydrogen-bond donors (Lipinski definition) is 1. The van der Waals surface area contributed by atoms with Crippen LogP contribution in [0.2, 0.25) is 0 Å². The Hall–Kier alpha value is -0.610.